The van der Waals surface area contributed by atoms with Gasteiger partial charge in [-0.1, -0.05) is 54.6 Å². The molecule has 0 bridgehead atoms. The van der Waals surface area contributed by atoms with Gasteiger partial charge in [-0.15, -0.1) is 0 Å². The number of amides is 2. The van der Waals surface area contributed by atoms with Gasteiger partial charge in [0.05, 0.1) is 30.5 Å². The molecule has 0 aromatic heterocycles. The van der Waals surface area contributed by atoms with Crippen LogP contribution >= 0.6 is 0 Å². The molecule has 8 heteroatoms. The van der Waals surface area contributed by atoms with E-state index in [4.69, 9.17) is 4.74 Å². The summed E-state index contributed by atoms with van der Waals surface area (Å²) in [6.45, 7) is 0.486. The smallest absolute Gasteiger partial charge is 0.309 e. The Kier molecular flexibility index (Phi) is 10.3. The molecule has 0 unspecified atom stereocenters. The number of esters is 1. The quantitative estimate of drug-likeness (QED) is 0.397. The fraction of sp³-hybridized carbons (Fsp3) is 0.452. The third-order valence-corrected chi connectivity index (χ3v) is 7.51. The van der Waals surface area contributed by atoms with Crippen molar-refractivity contribution in [1.82, 2.24) is 10.2 Å². The summed E-state index contributed by atoms with van der Waals surface area (Å²) < 4.78 is 19.0. The highest BCUT2D eigenvalue weighted by Gasteiger charge is 2.35. The summed E-state index contributed by atoms with van der Waals surface area (Å²) in [5.74, 6) is -2.02. The van der Waals surface area contributed by atoms with Crippen molar-refractivity contribution in [3.05, 3.63) is 83.7 Å². The van der Waals surface area contributed by atoms with Crippen LogP contribution in [0.2, 0.25) is 0 Å². The summed E-state index contributed by atoms with van der Waals surface area (Å²) in [5, 5.41) is 12.7. The minimum Gasteiger partial charge on any atom is -0.463 e. The molecule has 4 atom stereocenters. The molecule has 2 aliphatic rings. The molecule has 2 N–H and O–H groups in total. The van der Waals surface area contributed by atoms with Crippen molar-refractivity contribution >= 4 is 17.8 Å². The fourth-order valence-corrected chi connectivity index (χ4v) is 5.36. The summed E-state index contributed by atoms with van der Waals surface area (Å²) in [4.78, 5) is 41.2. The zero-order chi connectivity index (χ0) is 27.6. The lowest BCUT2D eigenvalue weighted by atomic mass is 9.94. The van der Waals surface area contributed by atoms with E-state index in [1.165, 1.54) is 12.1 Å². The van der Waals surface area contributed by atoms with Crippen LogP contribution in [0.1, 0.15) is 43.2 Å². The highest BCUT2D eigenvalue weighted by molar-refractivity contribution is 5.86. The lowest BCUT2D eigenvalue weighted by molar-refractivity contribution is -0.152. The number of ether oxygens (including phenoxy) is 1. The van der Waals surface area contributed by atoms with Gasteiger partial charge in [0.15, 0.2) is 0 Å². The molecule has 4 rings (SSSR count). The van der Waals surface area contributed by atoms with E-state index in [1.807, 2.05) is 42.5 Å². The second kappa shape index (κ2) is 14.0. The molecule has 2 heterocycles. The summed E-state index contributed by atoms with van der Waals surface area (Å²) in [7, 11) is 0. The van der Waals surface area contributed by atoms with Crippen LogP contribution in [0.15, 0.2) is 66.7 Å². The van der Waals surface area contributed by atoms with Crippen molar-refractivity contribution in [3.8, 4) is 0 Å². The van der Waals surface area contributed by atoms with E-state index >= 15 is 0 Å². The zero-order valence-corrected chi connectivity index (χ0v) is 22.1. The molecule has 2 aromatic carbocycles. The SMILES string of the molecule is O=C(C[C@H]1C/C=C/C[C@@H](Cc2ccc(F)cc2)C(=O)OC[C@H]2CCCN2C1=O)N[C@@H](CO)Cc1ccccc1. The molecule has 1 saturated heterocycles. The van der Waals surface area contributed by atoms with Crippen molar-refractivity contribution in [2.75, 3.05) is 19.8 Å². The number of halogens is 1. The lowest BCUT2D eigenvalue weighted by Crippen LogP contribution is -2.45. The van der Waals surface area contributed by atoms with Gasteiger partial charge in [0.2, 0.25) is 11.8 Å². The van der Waals surface area contributed by atoms with Crippen molar-refractivity contribution in [1.29, 1.82) is 0 Å². The molecule has 7 nitrogen and oxygen atoms in total. The minimum atomic E-state index is -0.552. The third kappa shape index (κ3) is 8.23. The maximum absolute atomic E-state index is 13.5. The van der Waals surface area contributed by atoms with Gasteiger partial charge in [0.1, 0.15) is 12.4 Å². The largest absolute Gasteiger partial charge is 0.463 e. The van der Waals surface area contributed by atoms with E-state index in [1.54, 1.807) is 17.0 Å². The number of hydrogen-bond acceptors (Lipinski definition) is 5. The number of fused-ring (bicyclic) bond motifs is 1. The number of nitrogens with one attached hydrogen (secondary N) is 1. The van der Waals surface area contributed by atoms with Crippen LogP contribution in [0.3, 0.4) is 0 Å². The van der Waals surface area contributed by atoms with Crippen LogP contribution in [0.4, 0.5) is 4.39 Å². The van der Waals surface area contributed by atoms with Crippen molar-refractivity contribution in [2.24, 2.45) is 11.8 Å². The number of carbonyl (C=O) groups is 3. The van der Waals surface area contributed by atoms with Crippen molar-refractivity contribution < 1.29 is 28.6 Å². The monoisotopic (exact) mass is 536 g/mol. The molecular formula is C31H37FN2O5. The van der Waals surface area contributed by atoms with Crippen LogP contribution in [-0.4, -0.2) is 59.6 Å². The minimum absolute atomic E-state index is 0.0104. The Bertz CT molecular complexity index is 1140. The van der Waals surface area contributed by atoms with E-state index in [9.17, 15) is 23.9 Å². The number of aliphatic hydroxyl groups is 1. The molecule has 39 heavy (non-hydrogen) atoms. The van der Waals surface area contributed by atoms with Gasteiger partial charge in [0, 0.05) is 13.0 Å². The van der Waals surface area contributed by atoms with Crippen LogP contribution in [0.5, 0.6) is 0 Å². The Labute approximate surface area is 229 Å². The first-order chi connectivity index (χ1) is 18.9. The Morgan fingerprint density at radius 2 is 1.74 bits per heavy atom. The van der Waals surface area contributed by atoms with Crippen molar-refractivity contribution in [2.45, 2.75) is 57.0 Å². The molecule has 0 spiro atoms. The third-order valence-electron chi connectivity index (χ3n) is 7.51. The average Bonchev–Trinajstić information content (AvgIpc) is 3.41. The first kappa shape index (κ1) is 28.5. The Morgan fingerprint density at radius 3 is 2.46 bits per heavy atom. The number of carbonyl (C=O) groups excluding carboxylic acids is 3. The molecule has 2 aromatic rings. The Morgan fingerprint density at radius 1 is 1.03 bits per heavy atom. The number of nitrogens with zero attached hydrogens (tertiary/aromatic N) is 1. The maximum Gasteiger partial charge on any atom is 0.309 e. The average molecular weight is 537 g/mol. The van der Waals surface area contributed by atoms with E-state index in [0.29, 0.717) is 32.2 Å². The fourth-order valence-electron chi connectivity index (χ4n) is 5.36. The second-order valence-electron chi connectivity index (χ2n) is 10.5. The topological polar surface area (TPSA) is 95.9 Å². The summed E-state index contributed by atoms with van der Waals surface area (Å²) in [6, 6.07) is 15.1. The van der Waals surface area contributed by atoms with Gasteiger partial charge < -0.3 is 20.1 Å². The number of aliphatic hydroxyl groups excluding tert-OH is 1. The first-order valence-corrected chi connectivity index (χ1v) is 13.7. The summed E-state index contributed by atoms with van der Waals surface area (Å²) in [5.41, 5.74) is 1.85. The van der Waals surface area contributed by atoms with E-state index in [-0.39, 0.29) is 49.3 Å². The first-order valence-electron chi connectivity index (χ1n) is 13.7. The number of rotatable bonds is 8. The molecule has 1 fully saturated rings. The number of benzene rings is 2. The van der Waals surface area contributed by atoms with E-state index in [2.05, 4.69) is 5.32 Å². The Balaban J connectivity index is 1.44. The molecule has 2 aliphatic heterocycles. The zero-order valence-electron chi connectivity index (χ0n) is 22.1. The molecule has 0 aliphatic carbocycles. The van der Waals surface area contributed by atoms with Crippen LogP contribution < -0.4 is 5.32 Å². The molecule has 0 radical (unpaired) electrons. The molecular weight excluding hydrogens is 499 g/mol. The van der Waals surface area contributed by atoms with E-state index < -0.39 is 17.9 Å². The molecule has 208 valence electrons. The lowest BCUT2D eigenvalue weighted by Gasteiger charge is -2.29. The standard InChI is InChI=1S/C31H37FN2O5/c32-26-14-12-23(13-15-26)17-25-10-5-4-9-24(30(37)34-16-6-11-28(34)21-39-31(25)38)19-29(36)33-27(20-35)18-22-7-2-1-3-8-22/h1-5,7-8,12-15,24-25,27-28,35H,6,9-11,16-21H2,(H,33,36)/b5-4+/t24-,25+,27-,28-/m1/s1. The normalized spacial score (nSPS) is 23.6. The predicted octanol–water partition coefficient (Wildman–Crippen LogP) is 3.59. The van der Waals surface area contributed by atoms with Gasteiger partial charge in [-0.25, -0.2) is 4.39 Å². The van der Waals surface area contributed by atoms with E-state index in [0.717, 1.165) is 24.0 Å². The molecule has 2 amide bonds. The van der Waals surface area contributed by atoms with Crippen LogP contribution in [0, 0.1) is 17.7 Å². The predicted molar refractivity (Wildman–Crippen MR) is 145 cm³/mol. The summed E-state index contributed by atoms with van der Waals surface area (Å²) >= 11 is 0. The van der Waals surface area contributed by atoms with Gasteiger partial charge in [-0.2, -0.15) is 0 Å². The highest BCUT2D eigenvalue weighted by Crippen LogP contribution is 2.25. The number of allylic oxidation sites excluding steroid dienone is 2. The summed E-state index contributed by atoms with van der Waals surface area (Å²) in [6.07, 6.45) is 6.99. The second-order valence-corrected chi connectivity index (χ2v) is 10.5. The van der Waals surface area contributed by atoms with Crippen LogP contribution in [0.25, 0.3) is 0 Å². The number of cyclic esters (lactones) is 1. The van der Waals surface area contributed by atoms with Gasteiger partial charge in [0.25, 0.3) is 0 Å². The molecule has 0 saturated carbocycles. The Hall–Kier alpha value is -3.52. The van der Waals surface area contributed by atoms with Crippen LogP contribution in [-0.2, 0) is 32.0 Å². The van der Waals surface area contributed by atoms with Crippen molar-refractivity contribution in [3.63, 3.8) is 0 Å². The van der Waals surface area contributed by atoms with Gasteiger partial charge in [-0.3, -0.25) is 14.4 Å². The van der Waals surface area contributed by atoms with Gasteiger partial charge in [-0.05, 0) is 61.8 Å². The highest BCUT2D eigenvalue weighted by atomic mass is 19.1. The number of hydrogen-bond donors (Lipinski definition) is 2. The maximum atomic E-state index is 13.5. The van der Waals surface area contributed by atoms with Gasteiger partial charge >= 0.3 is 5.97 Å².